The van der Waals surface area contributed by atoms with E-state index in [2.05, 4.69) is 0 Å². The Morgan fingerprint density at radius 3 is 2.34 bits per heavy atom. The Labute approximate surface area is 171 Å². The molecule has 1 heterocycles. The molecule has 2 aliphatic carbocycles. The van der Waals surface area contributed by atoms with Gasteiger partial charge in [0.15, 0.2) is 6.29 Å². The van der Waals surface area contributed by atoms with Crippen molar-refractivity contribution in [1.82, 2.24) is 0 Å². The van der Waals surface area contributed by atoms with E-state index in [9.17, 15) is 30.6 Å². The number of hydrogen-bond acceptors (Lipinski definition) is 8. The normalized spacial score (nSPS) is 50.9. The van der Waals surface area contributed by atoms with Gasteiger partial charge in [0.25, 0.3) is 0 Å². The second kappa shape index (κ2) is 8.51. The molecule has 0 bridgehead atoms. The lowest BCUT2D eigenvalue weighted by atomic mass is 9.53. The summed E-state index contributed by atoms with van der Waals surface area (Å²) in [6.07, 6.45) is -5.86. The van der Waals surface area contributed by atoms with Crippen LogP contribution in [0.1, 0.15) is 40.5 Å². The van der Waals surface area contributed by atoms with E-state index < -0.39 is 61.0 Å². The molecule has 11 atom stereocenters. The van der Waals surface area contributed by atoms with Crippen LogP contribution in [0.3, 0.4) is 0 Å². The number of hydrogen-bond donors (Lipinski definition) is 6. The van der Waals surface area contributed by atoms with Crippen molar-refractivity contribution >= 4 is 0 Å². The smallest absolute Gasteiger partial charge is 0.187 e. The molecule has 0 unspecified atom stereocenters. The summed E-state index contributed by atoms with van der Waals surface area (Å²) >= 11 is 0. The molecular formula is C21H36O8. The Morgan fingerprint density at radius 1 is 1.10 bits per heavy atom. The third-order valence-electron chi connectivity index (χ3n) is 7.50. The maximum atomic E-state index is 11.0. The molecule has 6 N–H and O–H groups in total. The fourth-order valence-electron chi connectivity index (χ4n) is 5.48. The first-order chi connectivity index (χ1) is 13.5. The van der Waals surface area contributed by atoms with E-state index in [1.165, 1.54) is 0 Å². The summed E-state index contributed by atoms with van der Waals surface area (Å²) in [7, 11) is 0. The number of aliphatic hydroxyl groups is 6. The maximum absolute atomic E-state index is 11.0. The molecule has 0 amide bonds. The van der Waals surface area contributed by atoms with Gasteiger partial charge in [-0.2, -0.15) is 0 Å². The number of rotatable bonds is 4. The number of ether oxygens (including phenoxy) is 2. The Balaban J connectivity index is 1.95. The molecule has 29 heavy (non-hydrogen) atoms. The molecule has 3 rings (SSSR count). The highest BCUT2D eigenvalue weighted by Crippen LogP contribution is 2.54. The predicted molar refractivity (Wildman–Crippen MR) is 104 cm³/mol. The minimum atomic E-state index is -1.52. The Hall–Kier alpha value is -0.580. The van der Waals surface area contributed by atoms with Gasteiger partial charge in [0.1, 0.15) is 24.4 Å². The molecule has 1 saturated carbocycles. The summed E-state index contributed by atoms with van der Waals surface area (Å²) < 4.78 is 11.8. The van der Waals surface area contributed by atoms with Crippen molar-refractivity contribution in [2.45, 2.75) is 89.6 Å². The zero-order valence-electron chi connectivity index (χ0n) is 17.5. The van der Waals surface area contributed by atoms with Crippen LogP contribution in [0.4, 0.5) is 0 Å². The molecule has 8 heteroatoms. The van der Waals surface area contributed by atoms with Crippen LogP contribution in [0.5, 0.6) is 0 Å². The molecule has 168 valence electrons. The fourth-order valence-corrected chi connectivity index (χ4v) is 5.48. The van der Waals surface area contributed by atoms with Crippen LogP contribution in [0.2, 0.25) is 0 Å². The Bertz CT molecular complexity index is 607. The predicted octanol–water partition coefficient (Wildman–Crippen LogP) is -0.458. The molecule has 2 fully saturated rings. The van der Waals surface area contributed by atoms with E-state index in [4.69, 9.17) is 9.47 Å². The van der Waals surface area contributed by atoms with Crippen molar-refractivity contribution < 1.29 is 40.1 Å². The highest BCUT2D eigenvalue weighted by Gasteiger charge is 2.59. The van der Waals surface area contributed by atoms with Crippen molar-refractivity contribution in [1.29, 1.82) is 0 Å². The second-order valence-corrected chi connectivity index (χ2v) is 9.50. The van der Waals surface area contributed by atoms with E-state index in [1.807, 2.05) is 33.8 Å². The van der Waals surface area contributed by atoms with Crippen LogP contribution >= 0.6 is 0 Å². The lowest BCUT2D eigenvalue weighted by Crippen LogP contribution is -2.64. The minimum absolute atomic E-state index is 0.0795. The van der Waals surface area contributed by atoms with Gasteiger partial charge in [0.2, 0.25) is 0 Å². The summed E-state index contributed by atoms with van der Waals surface area (Å²) in [5.74, 6) is -0.241. The zero-order chi connectivity index (χ0) is 21.7. The van der Waals surface area contributed by atoms with Gasteiger partial charge in [-0.15, -0.1) is 0 Å². The first-order valence-electron chi connectivity index (χ1n) is 10.5. The molecule has 0 spiro atoms. The average molecular weight is 417 g/mol. The van der Waals surface area contributed by atoms with Crippen molar-refractivity contribution in [2.24, 2.45) is 23.2 Å². The zero-order valence-corrected chi connectivity index (χ0v) is 17.5. The Kier molecular flexibility index (Phi) is 6.78. The standard InChI is InChI=1S/C21H36O8/c1-9(2)11-7-14(24)21(4)13(23)6-5-10(3)15(21)19(11)29-20-18(27)17(26)16(25)12(8-22)28-20/h5,9,11-20,22-27H,6-8H2,1-4H3/t11-,12-,13-,14-,15-,16-,17+,18-,19-,20+,21-/m1/s1. The maximum Gasteiger partial charge on any atom is 0.187 e. The van der Waals surface area contributed by atoms with Gasteiger partial charge in [-0.1, -0.05) is 32.4 Å². The van der Waals surface area contributed by atoms with Gasteiger partial charge in [-0.3, -0.25) is 0 Å². The summed E-state index contributed by atoms with van der Waals surface area (Å²) in [4.78, 5) is 0. The van der Waals surface area contributed by atoms with Crippen molar-refractivity contribution in [3.05, 3.63) is 11.6 Å². The second-order valence-electron chi connectivity index (χ2n) is 9.50. The van der Waals surface area contributed by atoms with E-state index in [0.29, 0.717) is 12.8 Å². The van der Waals surface area contributed by atoms with E-state index in [1.54, 1.807) is 0 Å². The molecule has 3 aliphatic rings. The average Bonchev–Trinajstić information content (AvgIpc) is 2.67. The van der Waals surface area contributed by atoms with Gasteiger partial charge in [0, 0.05) is 11.3 Å². The Morgan fingerprint density at radius 2 is 1.76 bits per heavy atom. The molecule has 0 aromatic heterocycles. The fraction of sp³-hybridized carbons (Fsp3) is 0.905. The highest BCUT2D eigenvalue weighted by molar-refractivity contribution is 5.22. The van der Waals surface area contributed by atoms with Crippen LogP contribution in [-0.2, 0) is 9.47 Å². The van der Waals surface area contributed by atoms with Crippen LogP contribution in [0, 0.1) is 23.2 Å². The first kappa shape index (κ1) is 23.1. The SMILES string of the molecule is CC1=CC[C@@H](O)[C@]2(C)[C@H](O)C[C@H](C(C)C)[C@@H](O[C@@H]3O[C@H](CO)[C@@H](O)[C@H](O)[C@H]3O)[C@@H]12. The molecule has 0 radical (unpaired) electrons. The number of fused-ring (bicyclic) bond motifs is 1. The monoisotopic (exact) mass is 416 g/mol. The van der Waals surface area contributed by atoms with Gasteiger partial charge in [-0.05, 0) is 31.6 Å². The van der Waals surface area contributed by atoms with Crippen molar-refractivity contribution in [3.8, 4) is 0 Å². The van der Waals surface area contributed by atoms with Gasteiger partial charge >= 0.3 is 0 Å². The number of aliphatic hydroxyl groups excluding tert-OH is 6. The van der Waals surface area contributed by atoms with Crippen LogP contribution in [0.25, 0.3) is 0 Å². The molecule has 1 saturated heterocycles. The highest BCUT2D eigenvalue weighted by atomic mass is 16.7. The van der Waals surface area contributed by atoms with Crippen LogP contribution < -0.4 is 0 Å². The van der Waals surface area contributed by atoms with E-state index >= 15 is 0 Å². The molecule has 8 nitrogen and oxygen atoms in total. The first-order valence-corrected chi connectivity index (χ1v) is 10.5. The molecular weight excluding hydrogens is 380 g/mol. The van der Waals surface area contributed by atoms with Crippen LogP contribution in [0.15, 0.2) is 11.6 Å². The molecule has 1 aliphatic heterocycles. The summed E-state index contributed by atoms with van der Waals surface area (Å²) in [5, 5.41) is 61.8. The third-order valence-corrected chi connectivity index (χ3v) is 7.50. The van der Waals surface area contributed by atoms with E-state index in [0.717, 1.165) is 5.57 Å². The molecule has 0 aromatic rings. The van der Waals surface area contributed by atoms with Crippen molar-refractivity contribution in [2.75, 3.05) is 6.61 Å². The minimum Gasteiger partial charge on any atom is -0.394 e. The summed E-state index contributed by atoms with van der Waals surface area (Å²) in [6.45, 7) is 7.35. The lowest BCUT2D eigenvalue weighted by molar-refractivity contribution is -0.330. The topological polar surface area (TPSA) is 140 Å². The quantitative estimate of drug-likeness (QED) is 0.339. The van der Waals surface area contributed by atoms with Crippen LogP contribution in [-0.4, -0.2) is 86.3 Å². The summed E-state index contributed by atoms with van der Waals surface area (Å²) in [5.41, 5.74) is 0.181. The van der Waals surface area contributed by atoms with Gasteiger partial charge < -0.3 is 40.1 Å². The summed E-state index contributed by atoms with van der Waals surface area (Å²) in [6, 6.07) is 0. The largest absolute Gasteiger partial charge is 0.394 e. The molecule has 0 aromatic carbocycles. The van der Waals surface area contributed by atoms with E-state index in [-0.39, 0.29) is 17.8 Å². The third kappa shape index (κ3) is 3.78. The van der Waals surface area contributed by atoms with Crippen molar-refractivity contribution in [3.63, 3.8) is 0 Å². The van der Waals surface area contributed by atoms with Gasteiger partial charge in [-0.25, -0.2) is 0 Å². The van der Waals surface area contributed by atoms with Gasteiger partial charge in [0.05, 0.1) is 24.9 Å². The lowest BCUT2D eigenvalue weighted by Gasteiger charge is -2.57.